The average molecular weight is 474 g/mol. The fraction of sp³-hybridized carbons (Fsp3) is 0.481. The molecule has 0 saturated heterocycles. The van der Waals surface area contributed by atoms with Crippen molar-refractivity contribution in [1.29, 1.82) is 0 Å². The van der Waals surface area contributed by atoms with E-state index in [9.17, 15) is 8.78 Å². The van der Waals surface area contributed by atoms with E-state index in [4.69, 9.17) is 23.0 Å². The number of hydrogen-bond donors (Lipinski definition) is 4. The molecule has 0 amide bonds. The molecule has 0 radical (unpaired) electrons. The highest BCUT2D eigenvalue weighted by atomic mass is 19.2. The monoisotopic (exact) mass is 473 g/mol. The molecule has 7 heteroatoms. The van der Waals surface area contributed by atoms with Crippen LogP contribution in [0, 0.1) is 30.4 Å². The number of halogens is 2. The molecule has 2 aromatic carbocycles. The maximum atomic E-state index is 13.7. The van der Waals surface area contributed by atoms with Gasteiger partial charge in [0.15, 0.2) is 11.6 Å². The standard InChI is InChI=1S/C19H31F2N5.C8H10/c1-4-11-7-12(5-2)18(24)19(17(11)23)26(25)9-15(22)13-6-10(3)16(21)14(20)8-13;1-2-8-6-4-3-5-7-8/h6,8-9,11-12,17-19H,4-5,7,22-25H2,1-3H3;3-7H,2H2,1H3/b15-9-;. The van der Waals surface area contributed by atoms with Crippen LogP contribution in [0.15, 0.2) is 48.7 Å². The maximum Gasteiger partial charge on any atom is 0.161 e. The summed E-state index contributed by atoms with van der Waals surface area (Å²) in [4.78, 5) is 0. The molecular formula is C27H41F2N5. The Balaban J connectivity index is 0.000000430. The molecule has 0 aliphatic heterocycles. The van der Waals surface area contributed by atoms with Gasteiger partial charge in [0.1, 0.15) is 0 Å². The highest BCUT2D eigenvalue weighted by Gasteiger charge is 2.41. The predicted molar refractivity (Wildman–Crippen MR) is 137 cm³/mol. The second kappa shape index (κ2) is 12.8. The van der Waals surface area contributed by atoms with Crippen LogP contribution in [0.2, 0.25) is 0 Å². The van der Waals surface area contributed by atoms with E-state index in [0.717, 1.165) is 31.7 Å². The van der Waals surface area contributed by atoms with Crippen molar-refractivity contribution in [3.8, 4) is 0 Å². The van der Waals surface area contributed by atoms with Crippen LogP contribution >= 0.6 is 0 Å². The molecule has 34 heavy (non-hydrogen) atoms. The zero-order chi connectivity index (χ0) is 25.4. The molecule has 2 aromatic rings. The van der Waals surface area contributed by atoms with E-state index >= 15 is 0 Å². The lowest BCUT2D eigenvalue weighted by atomic mass is 9.70. The van der Waals surface area contributed by atoms with Gasteiger partial charge in [-0.05, 0) is 54.9 Å². The van der Waals surface area contributed by atoms with Gasteiger partial charge in [-0.25, -0.2) is 14.6 Å². The van der Waals surface area contributed by atoms with Crippen LogP contribution in [0.3, 0.4) is 0 Å². The quantitative estimate of drug-likeness (QED) is 0.367. The molecular weight excluding hydrogens is 432 g/mol. The van der Waals surface area contributed by atoms with Gasteiger partial charge in [-0.15, -0.1) is 0 Å². The minimum atomic E-state index is -0.942. The maximum absolute atomic E-state index is 13.7. The van der Waals surface area contributed by atoms with Gasteiger partial charge < -0.3 is 22.2 Å². The highest BCUT2D eigenvalue weighted by molar-refractivity contribution is 5.63. The number of aryl methyl sites for hydroxylation is 2. The predicted octanol–water partition coefficient (Wildman–Crippen LogP) is 4.43. The van der Waals surface area contributed by atoms with Crippen LogP contribution in [0.4, 0.5) is 8.78 Å². The van der Waals surface area contributed by atoms with E-state index in [1.165, 1.54) is 29.8 Å². The van der Waals surface area contributed by atoms with Gasteiger partial charge >= 0.3 is 0 Å². The Labute approximate surface area is 203 Å². The van der Waals surface area contributed by atoms with Gasteiger partial charge in [0.25, 0.3) is 0 Å². The van der Waals surface area contributed by atoms with E-state index in [1.807, 2.05) is 6.07 Å². The first-order valence-corrected chi connectivity index (χ1v) is 12.2. The van der Waals surface area contributed by atoms with Crippen molar-refractivity contribution in [3.63, 3.8) is 0 Å². The van der Waals surface area contributed by atoms with Gasteiger partial charge in [0.2, 0.25) is 0 Å². The molecule has 1 fully saturated rings. The van der Waals surface area contributed by atoms with Gasteiger partial charge in [0.05, 0.1) is 11.7 Å². The van der Waals surface area contributed by atoms with E-state index in [2.05, 4.69) is 45.0 Å². The lowest BCUT2D eigenvalue weighted by Gasteiger charge is -2.47. The summed E-state index contributed by atoms with van der Waals surface area (Å²) in [6, 6.07) is 12.4. The molecule has 0 bridgehead atoms. The molecule has 1 aliphatic carbocycles. The summed E-state index contributed by atoms with van der Waals surface area (Å²) in [6.45, 7) is 7.87. The van der Waals surface area contributed by atoms with Crippen LogP contribution < -0.4 is 23.0 Å². The fourth-order valence-corrected chi connectivity index (χ4v) is 4.72. The van der Waals surface area contributed by atoms with Gasteiger partial charge in [-0.2, -0.15) is 0 Å². The molecule has 188 valence electrons. The normalized spacial score (nSPS) is 24.9. The SMILES string of the molecule is CCC1CC(CC)C(N)C(N(N)/C=C(\N)c2cc(C)c(F)c(F)c2)C1N.CCc1ccccc1. The van der Waals surface area contributed by atoms with E-state index in [0.29, 0.717) is 17.4 Å². The third-order valence-corrected chi connectivity index (χ3v) is 6.96. The zero-order valence-electron chi connectivity index (χ0n) is 20.8. The van der Waals surface area contributed by atoms with Crippen molar-refractivity contribution < 1.29 is 8.78 Å². The minimum Gasteiger partial charge on any atom is -0.397 e. The summed E-state index contributed by atoms with van der Waals surface area (Å²) < 4.78 is 27.2. The summed E-state index contributed by atoms with van der Waals surface area (Å²) in [5, 5.41) is 1.45. The second-order valence-corrected chi connectivity index (χ2v) is 9.18. The average Bonchev–Trinajstić information content (AvgIpc) is 2.83. The Hall–Kier alpha value is -2.48. The molecule has 4 unspecified atom stereocenters. The lowest BCUT2D eigenvalue weighted by molar-refractivity contribution is 0.0832. The Kier molecular flexibility index (Phi) is 10.5. The van der Waals surface area contributed by atoms with Crippen LogP contribution in [0.25, 0.3) is 5.70 Å². The first kappa shape index (κ1) is 27.8. The summed E-state index contributed by atoms with van der Waals surface area (Å²) in [5.41, 5.74) is 21.2. The van der Waals surface area contributed by atoms with Crippen molar-refractivity contribution in [3.05, 3.63) is 77.0 Å². The summed E-state index contributed by atoms with van der Waals surface area (Å²) in [7, 11) is 0. The largest absolute Gasteiger partial charge is 0.397 e. The Morgan fingerprint density at radius 1 is 1.00 bits per heavy atom. The summed E-state index contributed by atoms with van der Waals surface area (Å²) >= 11 is 0. The molecule has 0 aromatic heterocycles. The molecule has 1 saturated carbocycles. The molecule has 5 nitrogen and oxygen atoms in total. The number of rotatable bonds is 6. The lowest BCUT2D eigenvalue weighted by Crippen LogP contribution is -2.65. The van der Waals surface area contributed by atoms with Gasteiger partial charge in [0, 0.05) is 23.8 Å². The highest BCUT2D eigenvalue weighted by Crippen LogP contribution is 2.34. The van der Waals surface area contributed by atoms with E-state index in [-0.39, 0.29) is 29.4 Å². The van der Waals surface area contributed by atoms with Gasteiger partial charge in [-0.1, -0.05) is 63.9 Å². The Morgan fingerprint density at radius 3 is 2.00 bits per heavy atom. The Bertz CT molecular complexity index is 895. The van der Waals surface area contributed by atoms with Crippen LogP contribution in [-0.2, 0) is 6.42 Å². The van der Waals surface area contributed by atoms with Crippen molar-refractivity contribution in [2.45, 2.75) is 71.5 Å². The molecule has 8 N–H and O–H groups in total. The molecule has 3 rings (SSSR count). The Morgan fingerprint density at radius 2 is 1.56 bits per heavy atom. The summed E-state index contributed by atoms with van der Waals surface area (Å²) in [6.07, 6.45) is 5.55. The third kappa shape index (κ3) is 6.78. The smallest absolute Gasteiger partial charge is 0.161 e. The zero-order valence-corrected chi connectivity index (χ0v) is 20.8. The molecule has 4 atom stereocenters. The van der Waals surface area contributed by atoms with Crippen LogP contribution in [0.5, 0.6) is 0 Å². The summed E-state index contributed by atoms with van der Waals surface area (Å²) in [5.74, 6) is 5.10. The van der Waals surface area contributed by atoms with E-state index in [1.54, 1.807) is 0 Å². The number of nitrogens with zero attached hydrogens (tertiary/aromatic N) is 1. The first-order chi connectivity index (χ1) is 16.1. The fourth-order valence-electron chi connectivity index (χ4n) is 4.72. The number of benzene rings is 2. The number of hydrogen-bond acceptors (Lipinski definition) is 5. The van der Waals surface area contributed by atoms with Crippen molar-refractivity contribution in [2.75, 3.05) is 0 Å². The van der Waals surface area contributed by atoms with Gasteiger partial charge in [-0.3, -0.25) is 0 Å². The van der Waals surface area contributed by atoms with Crippen molar-refractivity contribution >= 4 is 5.70 Å². The van der Waals surface area contributed by atoms with Crippen LogP contribution in [0.1, 0.15) is 56.7 Å². The number of nitrogens with two attached hydrogens (primary N) is 4. The van der Waals surface area contributed by atoms with Crippen molar-refractivity contribution in [1.82, 2.24) is 5.01 Å². The minimum absolute atomic E-state index is 0.182. The van der Waals surface area contributed by atoms with Crippen LogP contribution in [-0.4, -0.2) is 23.1 Å². The van der Waals surface area contributed by atoms with E-state index < -0.39 is 11.6 Å². The van der Waals surface area contributed by atoms with Crippen molar-refractivity contribution in [2.24, 2.45) is 34.9 Å². The third-order valence-electron chi connectivity index (χ3n) is 6.96. The topological polar surface area (TPSA) is 107 Å². The first-order valence-electron chi connectivity index (χ1n) is 12.2. The molecule has 0 spiro atoms. The second-order valence-electron chi connectivity index (χ2n) is 9.18. The molecule has 0 heterocycles. The molecule has 1 aliphatic rings. The number of hydrazine groups is 1.